The standard InChI is InChI=1S/C18H22N6/c1-2-16-21-17-9-8-15(12-24(17)23-16)19-10-14-11-20-22-18(14)13-6-4-3-5-7-13/h3-7,11,15,19H,2,8-10,12H2,1H3,(H,20,22)/t15-/m0/s1. The second-order valence-corrected chi connectivity index (χ2v) is 6.23. The number of H-pyrrole nitrogens is 1. The molecule has 0 amide bonds. The van der Waals surface area contributed by atoms with Crippen LogP contribution in [0.1, 0.15) is 30.6 Å². The lowest BCUT2D eigenvalue weighted by Crippen LogP contribution is -2.37. The Kier molecular flexibility index (Phi) is 4.13. The first kappa shape index (κ1) is 15.1. The fraction of sp³-hybridized carbons (Fsp3) is 0.389. The van der Waals surface area contributed by atoms with Crippen LogP contribution in [0.2, 0.25) is 0 Å². The van der Waals surface area contributed by atoms with Crippen LogP contribution in [0.15, 0.2) is 36.5 Å². The molecule has 0 fully saturated rings. The molecule has 1 aliphatic heterocycles. The van der Waals surface area contributed by atoms with E-state index in [1.807, 2.05) is 24.4 Å². The molecule has 0 aliphatic carbocycles. The summed E-state index contributed by atoms with van der Waals surface area (Å²) < 4.78 is 2.06. The van der Waals surface area contributed by atoms with Crippen LogP contribution in [0.4, 0.5) is 0 Å². The molecular formula is C18H22N6. The minimum absolute atomic E-state index is 0.419. The first-order valence-corrected chi connectivity index (χ1v) is 8.57. The molecule has 6 nitrogen and oxygen atoms in total. The summed E-state index contributed by atoms with van der Waals surface area (Å²) >= 11 is 0. The van der Waals surface area contributed by atoms with Crippen LogP contribution in [0.25, 0.3) is 11.3 Å². The molecule has 0 unspecified atom stereocenters. The Morgan fingerprint density at radius 2 is 2.17 bits per heavy atom. The minimum Gasteiger partial charge on any atom is -0.308 e. The summed E-state index contributed by atoms with van der Waals surface area (Å²) in [4.78, 5) is 4.58. The summed E-state index contributed by atoms with van der Waals surface area (Å²) in [6.07, 6.45) is 4.89. The monoisotopic (exact) mass is 322 g/mol. The molecule has 0 radical (unpaired) electrons. The van der Waals surface area contributed by atoms with Gasteiger partial charge >= 0.3 is 0 Å². The summed E-state index contributed by atoms with van der Waals surface area (Å²) in [5.41, 5.74) is 3.45. The molecule has 0 saturated carbocycles. The van der Waals surface area contributed by atoms with Gasteiger partial charge in [0.1, 0.15) is 5.82 Å². The van der Waals surface area contributed by atoms with Crippen LogP contribution in [0.3, 0.4) is 0 Å². The molecule has 1 aromatic carbocycles. The molecule has 4 rings (SSSR count). The zero-order valence-electron chi connectivity index (χ0n) is 13.9. The van der Waals surface area contributed by atoms with Gasteiger partial charge in [-0.1, -0.05) is 37.3 Å². The van der Waals surface area contributed by atoms with E-state index in [4.69, 9.17) is 0 Å². The maximum absolute atomic E-state index is 4.58. The fourth-order valence-electron chi connectivity index (χ4n) is 3.23. The van der Waals surface area contributed by atoms with Crippen LogP contribution in [0, 0.1) is 0 Å². The molecule has 3 aromatic rings. The third kappa shape index (κ3) is 2.97. The lowest BCUT2D eigenvalue weighted by atomic mass is 10.1. The van der Waals surface area contributed by atoms with Crippen molar-refractivity contribution < 1.29 is 0 Å². The molecular weight excluding hydrogens is 300 g/mol. The van der Waals surface area contributed by atoms with Crippen molar-refractivity contribution in [3.63, 3.8) is 0 Å². The van der Waals surface area contributed by atoms with Gasteiger partial charge in [-0.15, -0.1) is 0 Å². The number of nitrogens with zero attached hydrogens (tertiary/aromatic N) is 4. The number of benzene rings is 1. The molecule has 1 aliphatic rings. The van der Waals surface area contributed by atoms with Gasteiger partial charge in [0, 0.05) is 31.0 Å². The first-order valence-electron chi connectivity index (χ1n) is 8.57. The van der Waals surface area contributed by atoms with Crippen molar-refractivity contribution >= 4 is 0 Å². The molecule has 3 heterocycles. The molecule has 2 N–H and O–H groups in total. The number of nitrogens with one attached hydrogen (secondary N) is 2. The second kappa shape index (κ2) is 6.57. The normalized spacial score (nSPS) is 17.0. The summed E-state index contributed by atoms with van der Waals surface area (Å²) in [7, 11) is 0. The van der Waals surface area contributed by atoms with Crippen LogP contribution >= 0.6 is 0 Å². The highest BCUT2D eigenvalue weighted by Crippen LogP contribution is 2.21. The maximum atomic E-state index is 4.58. The molecule has 0 saturated heterocycles. The van der Waals surface area contributed by atoms with Gasteiger partial charge in [-0.2, -0.15) is 10.2 Å². The fourth-order valence-corrected chi connectivity index (χ4v) is 3.23. The highest BCUT2D eigenvalue weighted by molar-refractivity contribution is 5.62. The van der Waals surface area contributed by atoms with E-state index in [0.29, 0.717) is 6.04 Å². The van der Waals surface area contributed by atoms with Crippen molar-refractivity contribution in [1.29, 1.82) is 0 Å². The Morgan fingerprint density at radius 1 is 1.29 bits per heavy atom. The van der Waals surface area contributed by atoms with Gasteiger partial charge in [0.05, 0.1) is 18.4 Å². The molecule has 0 spiro atoms. The summed E-state index contributed by atoms with van der Waals surface area (Å²) in [5, 5.41) is 15.6. The van der Waals surface area contributed by atoms with E-state index in [2.05, 4.69) is 49.3 Å². The molecule has 1 atom stereocenters. The predicted octanol–water partition coefficient (Wildman–Crippen LogP) is 2.34. The Hall–Kier alpha value is -2.47. The summed E-state index contributed by atoms with van der Waals surface area (Å²) in [5.74, 6) is 2.07. The van der Waals surface area contributed by atoms with Crippen molar-refractivity contribution in [2.24, 2.45) is 0 Å². The van der Waals surface area contributed by atoms with E-state index in [-0.39, 0.29) is 0 Å². The third-order valence-electron chi connectivity index (χ3n) is 4.58. The number of aromatic nitrogens is 5. The van der Waals surface area contributed by atoms with Gasteiger partial charge in [0.25, 0.3) is 0 Å². The average Bonchev–Trinajstić information content (AvgIpc) is 3.26. The second-order valence-electron chi connectivity index (χ2n) is 6.23. The van der Waals surface area contributed by atoms with E-state index in [1.165, 1.54) is 11.1 Å². The Morgan fingerprint density at radius 3 is 3.00 bits per heavy atom. The third-order valence-corrected chi connectivity index (χ3v) is 4.58. The van der Waals surface area contributed by atoms with Gasteiger partial charge < -0.3 is 5.32 Å². The summed E-state index contributed by atoms with van der Waals surface area (Å²) in [6, 6.07) is 10.7. The van der Waals surface area contributed by atoms with Crippen LogP contribution in [-0.4, -0.2) is 31.0 Å². The van der Waals surface area contributed by atoms with E-state index in [1.54, 1.807) is 0 Å². The molecule has 2 aromatic heterocycles. The first-order chi connectivity index (χ1) is 11.8. The predicted molar refractivity (Wildman–Crippen MR) is 92.4 cm³/mol. The van der Waals surface area contributed by atoms with Crippen molar-refractivity contribution in [2.75, 3.05) is 0 Å². The molecule has 6 heteroatoms. The quantitative estimate of drug-likeness (QED) is 0.756. The lowest BCUT2D eigenvalue weighted by Gasteiger charge is -2.23. The Balaban J connectivity index is 1.42. The SMILES string of the molecule is CCc1nc2n(n1)C[C@@H](NCc1cn[nH]c1-c1ccccc1)CC2. The van der Waals surface area contributed by atoms with Crippen LogP contribution in [-0.2, 0) is 25.9 Å². The number of hydrogen-bond donors (Lipinski definition) is 2. The number of aromatic amines is 1. The van der Waals surface area contributed by atoms with E-state index in [9.17, 15) is 0 Å². The number of hydrogen-bond acceptors (Lipinski definition) is 4. The van der Waals surface area contributed by atoms with Crippen molar-refractivity contribution in [3.8, 4) is 11.3 Å². The highest BCUT2D eigenvalue weighted by atomic mass is 15.4. The van der Waals surface area contributed by atoms with Crippen molar-refractivity contribution in [2.45, 2.75) is 45.3 Å². The molecule has 24 heavy (non-hydrogen) atoms. The van der Waals surface area contributed by atoms with Crippen molar-refractivity contribution in [1.82, 2.24) is 30.3 Å². The molecule has 124 valence electrons. The van der Waals surface area contributed by atoms with Crippen LogP contribution < -0.4 is 5.32 Å². The van der Waals surface area contributed by atoms with E-state index < -0.39 is 0 Å². The minimum atomic E-state index is 0.419. The van der Waals surface area contributed by atoms with E-state index in [0.717, 1.165) is 49.7 Å². The van der Waals surface area contributed by atoms with Gasteiger partial charge in [-0.05, 0) is 12.0 Å². The maximum Gasteiger partial charge on any atom is 0.150 e. The van der Waals surface area contributed by atoms with Gasteiger partial charge in [-0.3, -0.25) is 5.10 Å². The summed E-state index contributed by atoms with van der Waals surface area (Å²) in [6.45, 7) is 3.79. The topological polar surface area (TPSA) is 71.4 Å². The zero-order valence-corrected chi connectivity index (χ0v) is 13.9. The average molecular weight is 322 g/mol. The van der Waals surface area contributed by atoms with Gasteiger partial charge in [0.15, 0.2) is 5.82 Å². The van der Waals surface area contributed by atoms with Crippen molar-refractivity contribution in [3.05, 3.63) is 53.7 Å². The lowest BCUT2D eigenvalue weighted by molar-refractivity contribution is 0.357. The number of aryl methyl sites for hydroxylation is 2. The Bertz CT molecular complexity index is 804. The smallest absolute Gasteiger partial charge is 0.150 e. The largest absolute Gasteiger partial charge is 0.308 e. The van der Waals surface area contributed by atoms with Gasteiger partial charge in [-0.25, -0.2) is 9.67 Å². The van der Waals surface area contributed by atoms with Crippen LogP contribution in [0.5, 0.6) is 0 Å². The highest BCUT2D eigenvalue weighted by Gasteiger charge is 2.21. The van der Waals surface area contributed by atoms with Gasteiger partial charge in [0.2, 0.25) is 0 Å². The number of rotatable bonds is 5. The zero-order chi connectivity index (χ0) is 16.4. The Labute approximate surface area is 141 Å². The molecule has 0 bridgehead atoms. The van der Waals surface area contributed by atoms with E-state index >= 15 is 0 Å². The number of fused-ring (bicyclic) bond motifs is 1.